The van der Waals surface area contributed by atoms with Crippen molar-refractivity contribution in [2.75, 3.05) is 6.54 Å². The van der Waals surface area contributed by atoms with Crippen molar-refractivity contribution in [1.82, 2.24) is 4.90 Å². The molecule has 0 atom stereocenters. The van der Waals surface area contributed by atoms with Gasteiger partial charge in [0, 0.05) is 13.0 Å². The van der Waals surface area contributed by atoms with Crippen molar-refractivity contribution in [3.63, 3.8) is 0 Å². The highest BCUT2D eigenvalue weighted by Crippen LogP contribution is 2.22. The number of aliphatic carboxylic acids is 1. The van der Waals surface area contributed by atoms with Crippen LogP contribution in [0.15, 0.2) is 35.9 Å². The van der Waals surface area contributed by atoms with E-state index in [1.807, 2.05) is 0 Å². The summed E-state index contributed by atoms with van der Waals surface area (Å²) in [6.45, 7) is 1.97. The van der Waals surface area contributed by atoms with Gasteiger partial charge in [0.15, 0.2) is 0 Å². The Hall–Kier alpha value is -2.43. The Kier molecular flexibility index (Phi) is 3.98. The molecule has 1 aliphatic heterocycles. The monoisotopic (exact) mass is 273 g/mol. The third kappa shape index (κ3) is 2.77. The highest BCUT2D eigenvalue weighted by Gasteiger charge is 2.34. The molecule has 0 radical (unpaired) electrons. The van der Waals surface area contributed by atoms with E-state index >= 15 is 0 Å². The molecule has 1 heterocycles. The molecule has 1 aromatic carbocycles. The molecule has 1 aromatic rings. The van der Waals surface area contributed by atoms with Crippen LogP contribution in [-0.4, -0.2) is 34.3 Å². The van der Waals surface area contributed by atoms with Gasteiger partial charge in [-0.05, 0) is 25.5 Å². The van der Waals surface area contributed by atoms with Gasteiger partial charge in [-0.3, -0.25) is 19.3 Å². The number of imide groups is 1. The summed E-state index contributed by atoms with van der Waals surface area (Å²) in [6.07, 6.45) is 2.19. The summed E-state index contributed by atoms with van der Waals surface area (Å²) in [5.74, 6) is -1.46. The molecule has 0 unspecified atom stereocenters. The van der Waals surface area contributed by atoms with Gasteiger partial charge in [0.1, 0.15) is 0 Å². The molecule has 0 saturated heterocycles. The maximum Gasteiger partial charge on any atom is 0.303 e. The van der Waals surface area contributed by atoms with E-state index in [0.717, 1.165) is 5.57 Å². The molecule has 0 fully saturated rings. The number of rotatable bonds is 5. The van der Waals surface area contributed by atoms with E-state index < -0.39 is 5.97 Å². The molecule has 2 rings (SSSR count). The first-order chi connectivity index (χ1) is 9.50. The van der Waals surface area contributed by atoms with Gasteiger partial charge in [0.05, 0.1) is 11.1 Å². The molecule has 0 aliphatic carbocycles. The standard InChI is InChI=1S/C15H15NO4/c1-10(6-7-13(17)18)8-9-16-14(19)11-4-2-3-5-12(11)15(16)20/h2-5,8H,6-7,9H2,1H3,(H,17,18)/b10-8+. The fourth-order valence-electron chi connectivity index (χ4n) is 2.06. The molecule has 5 nitrogen and oxygen atoms in total. The SMILES string of the molecule is C/C(=C\CN1C(=O)c2ccccc2C1=O)CCC(=O)O. The summed E-state index contributed by atoms with van der Waals surface area (Å²) in [7, 11) is 0. The molecule has 1 aliphatic rings. The second-order valence-corrected chi connectivity index (χ2v) is 4.71. The quantitative estimate of drug-likeness (QED) is 0.658. The molecule has 2 amide bonds. The van der Waals surface area contributed by atoms with Crippen molar-refractivity contribution >= 4 is 17.8 Å². The van der Waals surface area contributed by atoms with Crippen LogP contribution >= 0.6 is 0 Å². The maximum absolute atomic E-state index is 12.1. The molecule has 0 bridgehead atoms. The molecule has 5 heteroatoms. The van der Waals surface area contributed by atoms with E-state index in [2.05, 4.69) is 0 Å². The molecule has 104 valence electrons. The van der Waals surface area contributed by atoms with E-state index in [1.54, 1.807) is 37.3 Å². The summed E-state index contributed by atoms with van der Waals surface area (Å²) in [5.41, 5.74) is 1.70. The highest BCUT2D eigenvalue weighted by atomic mass is 16.4. The van der Waals surface area contributed by atoms with E-state index in [1.165, 1.54) is 4.90 Å². The van der Waals surface area contributed by atoms with Crippen LogP contribution in [-0.2, 0) is 4.79 Å². The zero-order valence-electron chi connectivity index (χ0n) is 11.1. The Labute approximate surface area is 116 Å². The van der Waals surface area contributed by atoms with Gasteiger partial charge in [0.25, 0.3) is 11.8 Å². The minimum atomic E-state index is -0.863. The molecule has 20 heavy (non-hydrogen) atoms. The Morgan fingerprint density at radius 2 is 1.70 bits per heavy atom. The number of nitrogens with zero attached hydrogens (tertiary/aromatic N) is 1. The van der Waals surface area contributed by atoms with Gasteiger partial charge < -0.3 is 5.11 Å². The van der Waals surface area contributed by atoms with Gasteiger partial charge in [-0.25, -0.2) is 0 Å². The molecule has 0 spiro atoms. The second-order valence-electron chi connectivity index (χ2n) is 4.71. The first kappa shape index (κ1) is 14.0. The van der Waals surface area contributed by atoms with Crippen molar-refractivity contribution in [2.45, 2.75) is 19.8 Å². The summed E-state index contributed by atoms with van der Waals surface area (Å²) >= 11 is 0. The van der Waals surface area contributed by atoms with E-state index in [9.17, 15) is 14.4 Å². The molecule has 1 N–H and O–H groups in total. The fraction of sp³-hybridized carbons (Fsp3) is 0.267. The third-order valence-electron chi connectivity index (χ3n) is 3.23. The number of amides is 2. The Bertz CT molecular complexity index is 569. The van der Waals surface area contributed by atoms with Gasteiger partial charge in [-0.2, -0.15) is 0 Å². The zero-order valence-corrected chi connectivity index (χ0v) is 11.1. The van der Waals surface area contributed by atoms with Crippen molar-refractivity contribution < 1.29 is 19.5 Å². The van der Waals surface area contributed by atoms with Crippen LogP contribution < -0.4 is 0 Å². The average molecular weight is 273 g/mol. The van der Waals surface area contributed by atoms with Gasteiger partial charge in [0.2, 0.25) is 0 Å². The number of allylic oxidation sites excluding steroid dienone is 1. The maximum atomic E-state index is 12.1. The van der Waals surface area contributed by atoms with E-state index in [0.29, 0.717) is 17.5 Å². The average Bonchev–Trinajstić information content (AvgIpc) is 2.67. The lowest BCUT2D eigenvalue weighted by Crippen LogP contribution is -2.29. The lowest BCUT2D eigenvalue weighted by atomic mass is 10.1. The number of fused-ring (bicyclic) bond motifs is 1. The molecular weight excluding hydrogens is 258 g/mol. The summed E-state index contributed by atoms with van der Waals surface area (Å²) < 4.78 is 0. The Morgan fingerprint density at radius 1 is 1.15 bits per heavy atom. The van der Waals surface area contributed by atoms with Crippen molar-refractivity contribution in [2.24, 2.45) is 0 Å². The number of carboxylic acids is 1. The van der Waals surface area contributed by atoms with Crippen LogP contribution in [0.1, 0.15) is 40.5 Å². The lowest BCUT2D eigenvalue weighted by Gasteiger charge is -2.11. The number of hydrogen-bond acceptors (Lipinski definition) is 3. The second kappa shape index (κ2) is 5.69. The van der Waals surface area contributed by atoms with Crippen LogP contribution in [0.2, 0.25) is 0 Å². The Morgan fingerprint density at radius 3 is 2.20 bits per heavy atom. The summed E-state index contributed by atoms with van der Waals surface area (Å²) in [6, 6.07) is 6.72. The number of carbonyl (C=O) groups excluding carboxylic acids is 2. The molecular formula is C15H15NO4. The van der Waals surface area contributed by atoms with Crippen LogP contribution in [0, 0.1) is 0 Å². The highest BCUT2D eigenvalue weighted by molar-refractivity contribution is 6.21. The van der Waals surface area contributed by atoms with Gasteiger partial charge in [-0.15, -0.1) is 0 Å². The largest absolute Gasteiger partial charge is 0.481 e. The number of hydrogen-bond donors (Lipinski definition) is 1. The number of carboxylic acid groups (broad SMARTS) is 1. The predicted molar refractivity (Wildman–Crippen MR) is 72.4 cm³/mol. The minimum Gasteiger partial charge on any atom is -0.481 e. The van der Waals surface area contributed by atoms with Gasteiger partial charge in [-0.1, -0.05) is 23.8 Å². The lowest BCUT2D eigenvalue weighted by molar-refractivity contribution is -0.136. The number of benzene rings is 1. The fourth-order valence-corrected chi connectivity index (χ4v) is 2.06. The first-order valence-electron chi connectivity index (χ1n) is 6.33. The topological polar surface area (TPSA) is 74.7 Å². The predicted octanol–water partition coefficient (Wildman–Crippen LogP) is 2.09. The van der Waals surface area contributed by atoms with Crippen LogP contribution in [0.4, 0.5) is 0 Å². The minimum absolute atomic E-state index is 0.0461. The number of carbonyl (C=O) groups is 3. The van der Waals surface area contributed by atoms with Crippen molar-refractivity contribution in [3.8, 4) is 0 Å². The smallest absolute Gasteiger partial charge is 0.303 e. The van der Waals surface area contributed by atoms with E-state index in [4.69, 9.17) is 5.11 Å². The van der Waals surface area contributed by atoms with Gasteiger partial charge >= 0.3 is 5.97 Å². The summed E-state index contributed by atoms with van der Waals surface area (Å²) in [4.78, 5) is 35.8. The molecule has 0 aromatic heterocycles. The molecule has 0 saturated carbocycles. The summed E-state index contributed by atoms with van der Waals surface area (Å²) in [5, 5.41) is 8.60. The zero-order chi connectivity index (χ0) is 14.7. The van der Waals surface area contributed by atoms with Crippen LogP contribution in [0.25, 0.3) is 0 Å². The Balaban J connectivity index is 2.05. The normalized spacial score (nSPS) is 14.7. The first-order valence-corrected chi connectivity index (χ1v) is 6.33. The van der Waals surface area contributed by atoms with E-state index in [-0.39, 0.29) is 24.8 Å². The van der Waals surface area contributed by atoms with Crippen LogP contribution in [0.5, 0.6) is 0 Å². The van der Waals surface area contributed by atoms with Crippen molar-refractivity contribution in [1.29, 1.82) is 0 Å². The third-order valence-corrected chi connectivity index (χ3v) is 3.23. The van der Waals surface area contributed by atoms with Crippen LogP contribution in [0.3, 0.4) is 0 Å². The van der Waals surface area contributed by atoms with Crippen molar-refractivity contribution in [3.05, 3.63) is 47.0 Å².